The molecule has 0 rings (SSSR count). The second-order valence-corrected chi connectivity index (χ2v) is 6.08. The average Bonchev–Trinajstić information content (AvgIpc) is 2.53. The number of hydrogen-bond acceptors (Lipinski definition) is 4. The zero-order valence-corrected chi connectivity index (χ0v) is 15.1. The van der Waals surface area contributed by atoms with Gasteiger partial charge < -0.3 is 0 Å². The van der Waals surface area contributed by atoms with Crippen molar-refractivity contribution in [2.45, 2.75) is 110 Å². The Morgan fingerprint density at radius 2 is 1.23 bits per heavy atom. The second kappa shape index (κ2) is 18.9. The SMILES string of the molecule is CCCCCCCCCCCC(CCC)OOOOCCC. The second-order valence-electron chi connectivity index (χ2n) is 6.08. The van der Waals surface area contributed by atoms with Gasteiger partial charge in [0.2, 0.25) is 0 Å². The van der Waals surface area contributed by atoms with Crippen molar-refractivity contribution < 1.29 is 19.9 Å². The highest BCUT2D eigenvalue weighted by Gasteiger charge is 2.10. The van der Waals surface area contributed by atoms with Gasteiger partial charge in [0.05, 0.1) is 12.7 Å². The Labute approximate surface area is 137 Å². The van der Waals surface area contributed by atoms with E-state index in [-0.39, 0.29) is 6.10 Å². The maximum Gasteiger partial charge on any atom is 0.0962 e. The number of hydrogen-bond donors (Lipinski definition) is 0. The Bertz CT molecular complexity index is 200. The van der Waals surface area contributed by atoms with Gasteiger partial charge in [-0.15, -0.1) is 0 Å². The molecule has 22 heavy (non-hydrogen) atoms. The lowest BCUT2D eigenvalue weighted by molar-refractivity contribution is -0.642. The van der Waals surface area contributed by atoms with E-state index in [1.165, 1.54) is 57.8 Å². The van der Waals surface area contributed by atoms with Crippen molar-refractivity contribution in [3.63, 3.8) is 0 Å². The maximum absolute atomic E-state index is 5.25. The molecule has 0 aliphatic carbocycles. The van der Waals surface area contributed by atoms with E-state index in [1.807, 2.05) is 6.92 Å². The van der Waals surface area contributed by atoms with Crippen molar-refractivity contribution in [1.29, 1.82) is 0 Å². The first-order chi connectivity index (χ1) is 10.8. The summed E-state index contributed by atoms with van der Waals surface area (Å²) in [5, 5.41) is 9.18. The minimum absolute atomic E-state index is 0.111. The van der Waals surface area contributed by atoms with Gasteiger partial charge in [-0.3, -0.25) is 0 Å². The largest absolute Gasteiger partial charge is 0.204 e. The molecule has 0 heterocycles. The summed E-state index contributed by atoms with van der Waals surface area (Å²) < 4.78 is 0. The van der Waals surface area contributed by atoms with Crippen LogP contribution in [0, 0.1) is 0 Å². The first-order valence-electron chi connectivity index (χ1n) is 9.46. The third-order valence-electron chi connectivity index (χ3n) is 3.78. The Balaban J connectivity index is 3.40. The minimum Gasteiger partial charge on any atom is -0.204 e. The van der Waals surface area contributed by atoms with E-state index in [9.17, 15) is 0 Å². The molecule has 0 aliphatic rings. The van der Waals surface area contributed by atoms with Gasteiger partial charge in [0.15, 0.2) is 0 Å². The molecule has 0 spiro atoms. The molecule has 0 saturated heterocycles. The van der Waals surface area contributed by atoms with Gasteiger partial charge in [-0.2, -0.15) is 0 Å². The molecule has 0 aromatic heterocycles. The van der Waals surface area contributed by atoms with Crippen molar-refractivity contribution in [3.05, 3.63) is 0 Å². The van der Waals surface area contributed by atoms with Gasteiger partial charge in [0.1, 0.15) is 0 Å². The highest BCUT2D eigenvalue weighted by Crippen LogP contribution is 2.15. The van der Waals surface area contributed by atoms with Crippen LogP contribution in [0.25, 0.3) is 0 Å². The molecular weight excluding hydrogens is 280 g/mol. The quantitative estimate of drug-likeness (QED) is 0.169. The fraction of sp³-hybridized carbons (Fsp3) is 1.00. The van der Waals surface area contributed by atoms with Crippen molar-refractivity contribution >= 4 is 0 Å². The van der Waals surface area contributed by atoms with E-state index in [2.05, 4.69) is 23.9 Å². The van der Waals surface area contributed by atoms with Gasteiger partial charge in [-0.25, -0.2) is 9.78 Å². The molecule has 0 bridgehead atoms. The van der Waals surface area contributed by atoms with Crippen LogP contribution in [-0.4, -0.2) is 12.7 Å². The summed E-state index contributed by atoms with van der Waals surface area (Å²) in [6.45, 7) is 6.94. The lowest BCUT2D eigenvalue weighted by Gasteiger charge is -2.14. The predicted molar refractivity (Wildman–Crippen MR) is 90.0 cm³/mol. The smallest absolute Gasteiger partial charge is 0.0962 e. The molecule has 0 aromatic carbocycles. The Kier molecular flexibility index (Phi) is 18.8. The molecule has 1 unspecified atom stereocenters. The number of unbranched alkanes of at least 4 members (excludes halogenated alkanes) is 8. The summed E-state index contributed by atoms with van der Waals surface area (Å²) in [5.41, 5.74) is 0. The van der Waals surface area contributed by atoms with E-state index in [0.717, 1.165) is 25.7 Å². The summed E-state index contributed by atoms with van der Waals surface area (Å²) in [6.07, 6.45) is 16.2. The van der Waals surface area contributed by atoms with Crippen molar-refractivity contribution in [1.82, 2.24) is 0 Å². The Morgan fingerprint density at radius 3 is 1.82 bits per heavy atom. The van der Waals surface area contributed by atoms with E-state index < -0.39 is 0 Å². The zero-order chi connectivity index (χ0) is 16.3. The molecular formula is C18H38O4. The van der Waals surface area contributed by atoms with Crippen LogP contribution in [0.2, 0.25) is 0 Å². The van der Waals surface area contributed by atoms with Crippen LogP contribution in [0.3, 0.4) is 0 Å². The third kappa shape index (κ3) is 16.2. The molecule has 0 aromatic rings. The van der Waals surface area contributed by atoms with E-state index in [0.29, 0.717) is 6.61 Å². The topological polar surface area (TPSA) is 36.9 Å². The van der Waals surface area contributed by atoms with Crippen LogP contribution < -0.4 is 0 Å². The highest BCUT2D eigenvalue weighted by molar-refractivity contribution is 4.56. The van der Waals surface area contributed by atoms with Crippen LogP contribution >= 0.6 is 0 Å². The lowest BCUT2D eigenvalue weighted by Crippen LogP contribution is -2.14. The summed E-state index contributed by atoms with van der Waals surface area (Å²) in [7, 11) is 0. The van der Waals surface area contributed by atoms with Crippen LogP contribution in [0.5, 0.6) is 0 Å². The summed E-state index contributed by atoms with van der Waals surface area (Å²) >= 11 is 0. The van der Waals surface area contributed by atoms with Crippen LogP contribution in [-0.2, 0) is 19.9 Å². The van der Waals surface area contributed by atoms with Crippen molar-refractivity contribution in [2.24, 2.45) is 0 Å². The molecule has 0 radical (unpaired) electrons. The molecule has 0 amide bonds. The lowest BCUT2D eigenvalue weighted by atomic mass is 10.0. The summed E-state index contributed by atoms with van der Waals surface area (Å²) in [6, 6.07) is 0. The van der Waals surface area contributed by atoms with Gasteiger partial charge in [0.25, 0.3) is 0 Å². The van der Waals surface area contributed by atoms with E-state index in [4.69, 9.17) is 9.78 Å². The zero-order valence-electron chi connectivity index (χ0n) is 15.1. The summed E-state index contributed by atoms with van der Waals surface area (Å²) in [5.74, 6) is 0. The number of rotatable bonds is 18. The molecule has 0 N–H and O–H groups in total. The molecule has 1 atom stereocenters. The van der Waals surface area contributed by atoms with Crippen LogP contribution in [0.15, 0.2) is 0 Å². The van der Waals surface area contributed by atoms with E-state index in [1.54, 1.807) is 0 Å². The average molecular weight is 318 g/mol. The van der Waals surface area contributed by atoms with Gasteiger partial charge in [-0.1, -0.05) is 85.0 Å². The van der Waals surface area contributed by atoms with Crippen molar-refractivity contribution in [3.8, 4) is 0 Å². The predicted octanol–water partition coefficient (Wildman–Crippen LogP) is 6.30. The maximum atomic E-state index is 5.25. The highest BCUT2D eigenvalue weighted by atomic mass is 17.7. The van der Waals surface area contributed by atoms with Crippen molar-refractivity contribution in [2.75, 3.05) is 6.61 Å². The molecule has 4 heteroatoms. The molecule has 134 valence electrons. The van der Waals surface area contributed by atoms with Crippen LogP contribution in [0.1, 0.15) is 104 Å². The van der Waals surface area contributed by atoms with Crippen LogP contribution in [0.4, 0.5) is 0 Å². The summed E-state index contributed by atoms with van der Waals surface area (Å²) in [4.78, 5) is 10.0. The first kappa shape index (κ1) is 21.8. The molecule has 4 nitrogen and oxygen atoms in total. The fourth-order valence-corrected chi connectivity index (χ4v) is 2.45. The molecule has 0 fully saturated rings. The third-order valence-corrected chi connectivity index (χ3v) is 3.78. The van der Waals surface area contributed by atoms with Gasteiger partial charge in [0, 0.05) is 0 Å². The fourth-order valence-electron chi connectivity index (χ4n) is 2.45. The normalized spacial score (nSPS) is 12.7. The Hall–Kier alpha value is -0.160. The first-order valence-corrected chi connectivity index (χ1v) is 9.46. The van der Waals surface area contributed by atoms with E-state index >= 15 is 0 Å². The standard InChI is InChI=1S/C18H38O4/c1-4-7-8-9-10-11-12-13-14-16-18(15-5-2)20-22-21-19-17-6-3/h18H,4-17H2,1-3H3. The van der Waals surface area contributed by atoms with Gasteiger partial charge in [-0.05, 0) is 29.3 Å². The van der Waals surface area contributed by atoms with Gasteiger partial charge >= 0.3 is 0 Å². The molecule has 0 saturated carbocycles. The molecule has 0 aliphatic heterocycles. The monoisotopic (exact) mass is 318 g/mol. The Morgan fingerprint density at radius 1 is 0.591 bits per heavy atom. The minimum atomic E-state index is 0.111.